The zero-order chi connectivity index (χ0) is 12.3. The van der Waals surface area contributed by atoms with Gasteiger partial charge in [0, 0.05) is 11.2 Å². The summed E-state index contributed by atoms with van der Waals surface area (Å²) in [6.07, 6.45) is 1.11. The summed E-state index contributed by atoms with van der Waals surface area (Å²) in [5, 5.41) is 0. The van der Waals surface area contributed by atoms with Gasteiger partial charge in [0.05, 0.1) is 21.4 Å². The maximum Gasteiger partial charge on any atom is 0.175 e. The summed E-state index contributed by atoms with van der Waals surface area (Å²) in [5.41, 5.74) is 0. The van der Waals surface area contributed by atoms with Crippen molar-refractivity contribution in [3.8, 4) is 0 Å². The summed E-state index contributed by atoms with van der Waals surface area (Å²) in [7, 11) is -4.63. The second-order valence-electron chi connectivity index (χ2n) is 3.44. The number of hydrogen-bond acceptors (Lipinski definition) is 4. The molecule has 0 aromatic heterocycles. The summed E-state index contributed by atoms with van der Waals surface area (Å²) < 4.78 is 33.9. The van der Waals surface area contributed by atoms with E-state index in [1.54, 1.807) is 0 Å². The molecular formula is C10H12O4S2. The fraction of sp³-hybridized carbons (Fsp3) is 0.300. The number of hydrogen-bond donors (Lipinski definition) is 0. The Morgan fingerprint density at radius 2 is 1.75 bits per heavy atom. The van der Waals surface area contributed by atoms with E-state index < -0.39 is 20.6 Å². The van der Waals surface area contributed by atoms with E-state index in [0.717, 1.165) is 6.26 Å². The predicted octanol–water partition coefficient (Wildman–Crippen LogP) is 0.787. The molecular weight excluding hydrogens is 248 g/mol. The minimum absolute atomic E-state index is 0.0434. The van der Waals surface area contributed by atoms with Gasteiger partial charge < -0.3 is 0 Å². The summed E-state index contributed by atoms with van der Waals surface area (Å²) in [5.74, 6) is -0.205. The zero-order valence-corrected chi connectivity index (χ0v) is 10.6. The van der Waals surface area contributed by atoms with Crippen molar-refractivity contribution in [2.45, 2.75) is 16.7 Å². The number of rotatable bonds is 4. The van der Waals surface area contributed by atoms with Gasteiger partial charge in [-0.2, -0.15) is 0 Å². The van der Waals surface area contributed by atoms with Crippen molar-refractivity contribution in [2.75, 3.05) is 12.0 Å². The first-order valence-electron chi connectivity index (χ1n) is 4.48. The molecule has 0 aliphatic heterocycles. The highest BCUT2D eigenvalue weighted by molar-refractivity contribution is 7.90. The van der Waals surface area contributed by atoms with Crippen LogP contribution in [0, 0.1) is 0 Å². The average Bonchev–Trinajstić information content (AvgIpc) is 2.15. The van der Waals surface area contributed by atoms with E-state index in [-0.39, 0.29) is 16.4 Å². The third-order valence-corrected chi connectivity index (χ3v) is 4.44. The van der Waals surface area contributed by atoms with Gasteiger partial charge in [-0.3, -0.25) is 9.00 Å². The standard InChI is InChI=1S/C10H12O4S2/c1-8(11)7-15(12)9-3-5-10(6-4-9)16(2,13)14/h3-6H,7H2,1-2H3. The number of carbonyl (C=O) groups is 1. The topological polar surface area (TPSA) is 68.3 Å². The molecule has 16 heavy (non-hydrogen) atoms. The van der Waals surface area contributed by atoms with Crippen molar-refractivity contribution in [1.82, 2.24) is 0 Å². The molecule has 1 aromatic carbocycles. The monoisotopic (exact) mass is 260 g/mol. The second-order valence-corrected chi connectivity index (χ2v) is 6.90. The molecule has 0 saturated heterocycles. The highest BCUT2D eigenvalue weighted by Gasteiger charge is 2.10. The SMILES string of the molecule is CC(=O)CS(=O)c1ccc(S(C)(=O)=O)cc1. The van der Waals surface area contributed by atoms with Crippen LogP contribution in [0.4, 0.5) is 0 Å². The van der Waals surface area contributed by atoms with Gasteiger partial charge in [0.25, 0.3) is 0 Å². The van der Waals surface area contributed by atoms with Gasteiger partial charge >= 0.3 is 0 Å². The summed E-state index contributed by atoms with van der Waals surface area (Å²) in [6, 6.07) is 5.72. The lowest BCUT2D eigenvalue weighted by molar-refractivity contribution is -0.114. The lowest BCUT2D eigenvalue weighted by Gasteiger charge is -2.01. The minimum atomic E-state index is -3.23. The van der Waals surface area contributed by atoms with Crippen molar-refractivity contribution < 1.29 is 17.4 Å². The maximum absolute atomic E-state index is 11.6. The number of benzene rings is 1. The van der Waals surface area contributed by atoms with Crippen LogP contribution in [0.1, 0.15) is 6.92 Å². The van der Waals surface area contributed by atoms with E-state index in [1.807, 2.05) is 0 Å². The Balaban J connectivity index is 2.96. The Labute approximate surface area is 97.1 Å². The van der Waals surface area contributed by atoms with Crippen molar-refractivity contribution in [3.05, 3.63) is 24.3 Å². The Morgan fingerprint density at radius 3 is 2.12 bits per heavy atom. The van der Waals surface area contributed by atoms with Crippen molar-refractivity contribution in [1.29, 1.82) is 0 Å². The van der Waals surface area contributed by atoms with Crippen molar-refractivity contribution in [2.24, 2.45) is 0 Å². The first-order valence-corrected chi connectivity index (χ1v) is 7.69. The van der Waals surface area contributed by atoms with E-state index in [4.69, 9.17) is 0 Å². The van der Waals surface area contributed by atoms with Crippen LogP contribution in [-0.2, 0) is 25.4 Å². The van der Waals surface area contributed by atoms with Crippen LogP contribution in [0.15, 0.2) is 34.1 Å². The maximum atomic E-state index is 11.6. The Hall–Kier alpha value is -1.01. The van der Waals surface area contributed by atoms with Crippen LogP contribution in [0.2, 0.25) is 0 Å². The van der Waals surface area contributed by atoms with E-state index in [1.165, 1.54) is 31.2 Å². The summed E-state index contributed by atoms with van der Waals surface area (Å²) >= 11 is 0. The number of carbonyl (C=O) groups excluding carboxylic acids is 1. The lowest BCUT2D eigenvalue weighted by Crippen LogP contribution is -2.06. The minimum Gasteiger partial charge on any atom is -0.299 e. The third kappa shape index (κ3) is 3.53. The normalized spacial score (nSPS) is 13.4. The zero-order valence-electron chi connectivity index (χ0n) is 8.97. The number of sulfone groups is 1. The highest BCUT2D eigenvalue weighted by atomic mass is 32.2. The van der Waals surface area contributed by atoms with Crippen LogP contribution in [0.5, 0.6) is 0 Å². The Bertz CT molecular complexity index is 514. The van der Waals surface area contributed by atoms with Gasteiger partial charge in [0.1, 0.15) is 5.78 Å². The largest absolute Gasteiger partial charge is 0.299 e. The van der Waals surface area contributed by atoms with Gasteiger partial charge in [-0.05, 0) is 31.2 Å². The van der Waals surface area contributed by atoms with Crippen molar-refractivity contribution >= 4 is 26.4 Å². The second kappa shape index (κ2) is 4.88. The third-order valence-electron chi connectivity index (χ3n) is 1.85. The van der Waals surface area contributed by atoms with Crippen LogP contribution in [-0.4, -0.2) is 30.4 Å². The molecule has 0 bridgehead atoms. The molecule has 0 amide bonds. The fourth-order valence-corrected chi connectivity index (χ4v) is 2.71. The van der Waals surface area contributed by atoms with Crippen LogP contribution < -0.4 is 0 Å². The van der Waals surface area contributed by atoms with Gasteiger partial charge in [0.15, 0.2) is 9.84 Å². The van der Waals surface area contributed by atoms with Crippen LogP contribution in [0.25, 0.3) is 0 Å². The first kappa shape index (κ1) is 13.1. The molecule has 0 aliphatic rings. The molecule has 0 saturated carbocycles. The lowest BCUT2D eigenvalue weighted by atomic mass is 10.4. The van der Waals surface area contributed by atoms with Gasteiger partial charge in [0.2, 0.25) is 0 Å². The average molecular weight is 260 g/mol. The molecule has 0 radical (unpaired) electrons. The molecule has 4 nitrogen and oxygen atoms in total. The predicted molar refractivity (Wildman–Crippen MR) is 61.5 cm³/mol. The van der Waals surface area contributed by atoms with Crippen molar-refractivity contribution in [3.63, 3.8) is 0 Å². The quantitative estimate of drug-likeness (QED) is 0.802. The van der Waals surface area contributed by atoms with Gasteiger partial charge in [-0.25, -0.2) is 8.42 Å². The molecule has 1 rings (SSSR count). The molecule has 1 atom stereocenters. The van der Waals surface area contributed by atoms with Crippen LogP contribution >= 0.6 is 0 Å². The Kier molecular flexibility index (Phi) is 3.98. The van der Waals surface area contributed by atoms with E-state index in [9.17, 15) is 17.4 Å². The Morgan fingerprint density at radius 1 is 1.25 bits per heavy atom. The van der Waals surface area contributed by atoms with Gasteiger partial charge in [-0.15, -0.1) is 0 Å². The first-order chi connectivity index (χ1) is 7.30. The summed E-state index contributed by atoms with van der Waals surface area (Å²) in [4.78, 5) is 11.4. The van der Waals surface area contributed by atoms with E-state index >= 15 is 0 Å². The van der Waals surface area contributed by atoms with Gasteiger partial charge in [-0.1, -0.05) is 0 Å². The highest BCUT2D eigenvalue weighted by Crippen LogP contribution is 2.13. The van der Waals surface area contributed by atoms with Crippen LogP contribution in [0.3, 0.4) is 0 Å². The van der Waals surface area contributed by atoms with E-state index in [0.29, 0.717) is 4.90 Å². The molecule has 6 heteroatoms. The number of ketones is 1. The molecule has 1 unspecified atom stereocenters. The summed E-state index contributed by atoms with van der Waals surface area (Å²) in [6.45, 7) is 1.36. The fourth-order valence-electron chi connectivity index (χ4n) is 1.11. The molecule has 0 aliphatic carbocycles. The molecule has 1 aromatic rings. The van der Waals surface area contributed by atoms with E-state index in [2.05, 4.69) is 0 Å². The molecule has 0 N–H and O–H groups in total. The molecule has 88 valence electrons. The smallest absolute Gasteiger partial charge is 0.175 e. The molecule has 0 spiro atoms. The molecule has 0 heterocycles. The number of Topliss-reactive ketones (excluding diaryl/α,β-unsaturated/α-hetero) is 1. The molecule has 0 fully saturated rings.